The second-order valence-corrected chi connectivity index (χ2v) is 7.90. The number of pyridine rings is 2. The third kappa shape index (κ3) is 3.56. The number of hydrogen-bond donors (Lipinski definition) is 2. The Kier molecular flexibility index (Phi) is 4.60. The van der Waals surface area contributed by atoms with E-state index in [9.17, 15) is 4.79 Å². The summed E-state index contributed by atoms with van der Waals surface area (Å²) in [5, 5.41) is 14.7. The molecule has 3 N–H and O–H groups in total. The Balaban J connectivity index is 1.55. The molecule has 0 radical (unpaired) electrons. The van der Waals surface area contributed by atoms with Gasteiger partial charge in [0.25, 0.3) is 0 Å². The Morgan fingerprint density at radius 1 is 1.12 bits per heavy atom. The molecule has 3 aromatic heterocycles. The second kappa shape index (κ2) is 7.05. The zero-order valence-corrected chi connectivity index (χ0v) is 15.3. The number of aromatic nitrogens is 4. The van der Waals surface area contributed by atoms with Crippen LogP contribution in [0.25, 0.3) is 21.5 Å². The maximum Gasteiger partial charge on any atom is 0.228 e. The van der Waals surface area contributed by atoms with Crippen LogP contribution < -0.4 is 11.1 Å². The summed E-state index contributed by atoms with van der Waals surface area (Å²) in [7, 11) is 0. The molecule has 1 saturated carbocycles. The summed E-state index contributed by atoms with van der Waals surface area (Å²) >= 11 is 1.50. The summed E-state index contributed by atoms with van der Waals surface area (Å²) in [6, 6.07) is 4.06. The molecule has 1 aliphatic rings. The van der Waals surface area contributed by atoms with Crippen molar-refractivity contribution in [2.45, 2.75) is 38.6 Å². The van der Waals surface area contributed by atoms with Crippen LogP contribution in [0.2, 0.25) is 0 Å². The van der Waals surface area contributed by atoms with Gasteiger partial charge in [0, 0.05) is 29.7 Å². The first-order valence-electron chi connectivity index (χ1n) is 8.71. The highest BCUT2D eigenvalue weighted by Gasteiger charge is 2.24. The number of anilines is 1. The Hall–Kier alpha value is -2.45. The lowest BCUT2D eigenvalue weighted by atomic mass is 9.86. The van der Waals surface area contributed by atoms with E-state index in [2.05, 4.69) is 25.5 Å². The molecule has 134 valence electrons. The summed E-state index contributed by atoms with van der Waals surface area (Å²) < 4.78 is 0. The molecule has 0 bridgehead atoms. The highest BCUT2D eigenvalue weighted by molar-refractivity contribution is 7.14. The van der Waals surface area contributed by atoms with Crippen molar-refractivity contribution in [1.82, 2.24) is 20.2 Å². The fourth-order valence-corrected chi connectivity index (χ4v) is 3.89. The first-order valence-corrected chi connectivity index (χ1v) is 9.53. The SMILES string of the molecule is Cc1nnc(-c2cc3cc(NC(=O)[C@H]4CC[C@H](N)CC4)ncc3cn2)s1. The van der Waals surface area contributed by atoms with Crippen molar-refractivity contribution in [2.24, 2.45) is 11.7 Å². The molecule has 3 heterocycles. The monoisotopic (exact) mass is 368 g/mol. The minimum absolute atomic E-state index is 0.0182. The van der Waals surface area contributed by atoms with Crippen LogP contribution >= 0.6 is 11.3 Å². The summed E-state index contributed by atoms with van der Waals surface area (Å²) in [4.78, 5) is 21.3. The molecule has 4 rings (SSSR count). The fourth-order valence-electron chi connectivity index (χ4n) is 3.23. The van der Waals surface area contributed by atoms with E-state index in [0.29, 0.717) is 5.82 Å². The van der Waals surface area contributed by atoms with Gasteiger partial charge in [-0.05, 0) is 50.1 Å². The molecular weight excluding hydrogens is 348 g/mol. The Bertz CT molecular complexity index is 948. The van der Waals surface area contributed by atoms with Gasteiger partial charge in [0.2, 0.25) is 5.91 Å². The van der Waals surface area contributed by atoms with Gasteiger partial charge in [-0.3, -0.25) is 9.78 Å². The molecule has 0 saturated heterocycles. The topological polar surface area (TPSA) is 107 Å². The number of carbonyl (C=O) groups excluding carboxylic acids is 1. The fraction of sp³-hybridized carbons (Fsp3) is 0.389. The van der Waals surface area contributed by atoms with Gasteiger partial charge < -0.3 is 11.1 Å². The molecule has 0 unspecified atom stereocenters. The van der Waals surface area contributed by atoms with Crippen molar-refractivity contribution >= 4 is 33.8 Å². The van der Waals surface area contributed by atoms with Crippen molar-refractivity contribution in [1.29, 1.82) is 0 Å². The molecule has 0 aromatic carbocycles. The van der Waals surface area contributed by atoms with Gasteiger partial charge in [-0.25, -0.2) is 4.98 Å². The average molecular weight is 368 g/mol. The van der Waals surface area contributed by atoms with Crippen molar-refractivity contribution in [3.05, 3.63) is 29.5 Å². The summed E-state index contributed by atoms with van der Waals surface area (Å²) in [5.74, 6) is 0.602. The third-order valence-corrected chi connectivity index (χ3v) is 5.60. The lowest BCUT2D eigenvalue weighted by molar-refractivity contribution is -0.120. The van der Waals surface area contributed by atoms with Crippen LogP contribution in [-0.2, 0) is 4.79 Å². The van der Waals surface area contributed by atoms with Crippen molar-refractivity contribution < 1.29 is 4.79 Å². The lowest BCUT2D eigenvalue weighted by Crippen LogP contribution is -2.32. The molecule has 0 spiro atoms. The van der Waals surface area contributed by atoms with Crippen LogP contribution in [0.4, 0.5) is 5.82 Å². The average Bonchev–Trinajstić information content (AvgIpc) is 3.08. The normalized spacial score (nSPS) is 20.2. The van der Waals surface area contributed by atoms with E-state index in [1.807, 2.05) is 19.1 Å². The molecule has 3 aromatic rings. The number of hydrogen-bond acceptors (Lipinski definition) is 7. The van der Waals surface area contributed by atoms with Crippen molar-refractivity contribution in [3.8, 4) is 10.7 Å². The van der Waals surface area contributed by atoms with E-state index in [1.54, 1.807) is 12.4 Å². The first kappa shape index (κ1) is 17.0. The highest BCUT2D eigenvalue weighted by atomic mass is 32.1. The van der Waals surface area contributed by atoms with Gasteiger partial charge in [-0.15, -0.1) is 10.2 Å². The second-order valence-electron chi connectivity index (χ2n) is 6.71. The van der Waals surface area contributed by atoms with Crippen molar-refractivity contribution in [2.75, 3.05) is 5.32 Å². The number of nitrogens with two attached hydrogens (primary N) is 1. The van der Waals surface area contributed by atoms with Gasteiger partial charge in [0.05, 0.1) is 0 Å². The zero-order chi connectivity index (χ0) is 18.1. The van der Waals surface area contributed by atoms with Crippen LogP contribution in [0.15, 0.2) is 24.5 Å². The van der Waals surface area contributed by atoms with Crippen LogP contribution in [0, 0.1) is 12.8 Å². The Morgan fingerprint density at radius 3 is 2.62 bits per heavy atom. The first-order chi connectivity index (χ1) is 12.6. The number of fused-ring (bicyclic) bond motifs is 1. The van der Waals surface area contributed by atoms with Crippen LogP contribution in [-0.4, -0.2) is 32.1 Å². The lowest BCUT2D eigenvalue weighted by Gasteiger charge is -2.24. The molecular formula is C18H20N6OS. The van der Waals surface area contributed by atoms with E-state index < -0.39 is 0 Å². The van der Waals surface area contributed by atoms with E-state index in [-0.39, 0.29) is 17.9 Å². The molecule has 7 nitrogen and oxygen atoms in total. The number of rotatable bonds is 3. The van der Waals surface area contributed by atoms with Gasteiger partial charge in [-0.2, -0.15) is 0 Å². The molecule has 0 aliphatic heterocycles. The Morgan fingerprint density at radius 2 is 1.88 bits per heavy atom. The van der Waals surface area contributed by atoms with Crippen molar-refractivity contribution in [3.63, 3.8) is 0 Å². The minimum atomic E-state index is 0.0182. The van der Waals surface area contributed by atoms with Gasteiger partial charge in [0.15, 0.2) is 5.01 Å². The minimum Gasteiger partial charge on any atom is -0.328 e. The molecule has 26 heavy (non-hydrogen) atoms. The molecule has 1 fully saturated rings. The van der Waals surface area contributed by atoms with E-state index in [0.717, 1.165) is 52.2 Å². The maximum absolute atomic E-state index is 12.5. The van der Waals surface area contributed by atoms with E-state index >= 15 is 0 Å². The molecule has 1 aliphatic carbocycles. The van der Waals surface area contributed by atoms with Crippen LogP contribution in [0.3, 0.4) is 0 Å². The number of aryl methyl sites for hydroxylation is 1. The predicted octanol–water partition coefficient (Wildman–Crippen LogP) is 2.91. The van der Waals surface area contributed by atoms with Gasteiger partial charge >= 0.3 is 0 Å². The summed E-state index contributed by atoms with van der Waals surface area (Å²) in [5.41, 5.74) is 6.69. The van der Waals surface area contributed by atoms with Crippen LogP contribution in [0.5, 0.6) is 0 Å². The maximum atomic E-state index is 12.5. The summed E-state index contributed by atoms with van der Waals surface area (Å²) in [6.07, 6.45) is 6.97. The Labute approximate surface area is 155 Å². The molecule has 1 amide bonds. The molecule has 0 atom stereocenters. The standard InChI is InChI=1S/C18H20N6OS/c1-10-23-24-18(26-10)15-6-12-7-16(21-9-13(12)8-20-15)22-17(25)11-2-4-14(19)5-3-11/h6-9,11,14H,2-5,19H2,1H3,(H,21,22,25)/t11-,14-. The zero-order valence-electron chi connectivity index (χ0n) is 14.5. The largest absolute Gasteiger partial charge is 0.328 e. The quantitative estimate of drug-likeness (QED) is 0.736. The van der Waals surface area contributed by atoms with Gasteiger partial charge in [-0.1, -0.05) is 11.3 Å². The number of carbonyl (C=O) groups is 1. The summed E-state index contributed by atoms with van der Waals surface area (Å²) in [6.45, 7) is 1.91. The molecule has 8 heteroatoms. The van der Waals surface area contributed by atoms with E-state index in [4.69, 9.17) is 5.73 Å². The van der Waals surface area contributed by atoms with Gasteiger partial charge in [0.1, 0.15) is 16.5 Å². The van der Waals surface area contributed by atoms with E-state index in [1.165, 1.54) is 11.3 Å². The van der Waals surface area contributed by atoms with Crippen LogP contribution in [0.1, 0.15) is 30.7 Å². The smallest absolute Gasteiger partial charge is 0.228 e. The predicted molar refractivity (Wildman–Crippen MR) is 102 cm³/mol. The number of amides is 1. The highest BCUT2D eigenvalue weighted by Crippen LogP contribution is 2.27. The number of nitrogens with one attached hydrogen (secondary N) is 1. The third-order valence-electron chi connectivity index (χ3n) is 4.74. The number of nitrogens with zero attached hydrogens (tertiary/aromatic N) is 4.